The van der Waals surface area contributed by atoms with Crippen LogP contribution in [0.3, 0.4) is 0 Å². The van der Waals surface area contributed by atoms with Crippen LogP contribution >= 0.6 is 0 Å². The van der Waals surface area contributed by atoms with E-state index < -0.39 is 33.6 Å². The van der Waals surface area contributed by atoms with Gasteiger partial charge in [-0.2, -0.15) is 18.3 Å². The number of aromatic amines is 1. The second-order valence-electron chi connectivity index (χ2n) is 8.23. The van der Waals surface area contributed by atoms with Gasteiger partial charge >= 0.3 is 6.18 Å². The molecule has 11 nitrogen and oxygen atoms in total. The summed E-state index contributed by atoms with van der Waals surface area (Å²) in [6, 6.07) is 9.76. The standard InChI is InChI=1S/C24H21F4N7O4S/c1-2-40(37,38)35-16-8-5-14(9-17(16)39-12-13-3-6-15(25)7-4-13)21-20(22(29)36)23(34-33-21)32-19-11-30-18(10-31-19)24(26,27)28/h3-11,35H,2,12H2,1H3,(H2,29,36)(H2,31,32,33,34). The van der Waals surface area contributed by atoms with Crippen molar-refractivity contribution in [1.29, 1.82) is 0 Å². The van der Waals surface area contributed by atoms with E-state index in [9.17, 15) is 30.8 Å². The van der Waals surface area contributed by atoms with Crippen molar-refractivity contribution in [1.82, 2.24) is 20.2 Å². The Kier molecular flexibility index (Phi) is 7.90. The molecule has 0 aliphatic heterocycles. The van der Waals surface area contributed by atoms with Gasteiger partial charge in [0, 0.05) is 5.56 Å². The van der Waals surface area contributed by atoms with Gasteiger partial charge < -0.3 is 15.8 Å². The van der Waals surface area contributed by atoms with Gasteiger partial charge in [-0.3, -0.25) is 14.6 Å². The number of amides is 1. The Bertz CT molecular complexity index is 1620. The zero-order valence-corrected chi connectivity index (χ0v) is 21.4. The van der Waals surface area contributed by atoms with Crippen LogP contribution in [0.15, 0.2) is 54.9 Å². The van der Waals surface area contributed by atoms with Crippen molar-refractivity contribution in [3.8, 4) is 17.0 Å². The van der Waals surface area contributed by atoms with Gasteiger partial charge in [-0.05, 0) is 36.8 Å². The Morgan fingerprint density at radius 2 is 1.82 bits per heavy atom. The van der Waals surface area contributed by atoms with Gasteiger partial charge in [0.15, 0.2) is 5.69 Å². The van der Waals surface area contributed by atoms with Gasteiger partial charge in [0.05, 0.1) is 23.8 Å². The van der Waals surface area contributed by atoms with E-state index in [1.54, 1.807) is 0 Å². The van der Waals surface area contributed by atoms with Crippen LogP contribution in [-0.4, -0.2) is 40.2 Å². The molecule has 40 heavy (non-hydrogen) atoms. The molecule has 4 rings (SSSR count). The Hall–Kier alpha value is -4.73. The summed E-state index contributed by atoms with van der Waals surface area (Å²) in [6.45, 7) is 1.40. The van der Waals surface area contributed by atoms with E-state index in [0.29, 0.717) is 11.8 Å². The third-order valence-corrected chi connectivity index (χ3v) is 6.71. The first-order chi connectivity index (χ1) is 18.9. The Morgan fingerprint density at radius 1 is 1.10 bits per heavy atom. The summed E-state index contributed by atoms with van der Waals surface area (Å²) in [5.41, 5.74) is 5.22. The Labute approximate surface area is 224 Å². The zero-order valence-electron chi connectivity index (χ0n) is 20.6. The molecule has 210 valence electrons. The van der Waals surface area contributed by atoms with Crippen LogP contribution in [0, 0.1) is 5.82 Å². The number of carbonyl (C=O) groups is 1. The third-order valence-electron chi connectivity index (χ3n) is 5.42. The van der Waals surface area contributed by atoms with E-state index >= 15 is 0 Å². The molecule has 0 aliphatic carbocycles. The summed E-state index contributed by atoms with van der Waals surface area (Å²) in [7, 11) is -3.69. The second-order valence-corrected chi connectivity index (χ2v) is 10.2. The number of nitrogens with zero attached hydrogens (tertiary/aromatic N) is 3. The van der Waals surface area contributed by atoms with Crippen LogP contribution in [0.25, 0.3) is 11.3 Å². The van der Waals surface area contributed by atoms with Crippen molar-refractivity contribution >= 4 is 33.3 Å². The van der Waals surface area contributed by atoms with E-state index in [0.717, 1.165) is 6.20 Å². The van der Waals surface area contributed by atoms with Crippen molar-refractivity contribution in [2.75, 3.05) is 15.8 Å². The first-order valence-corrected chi connectivity index (χ1v) is 13.1. The topological polar surface area (TPSA) is 165 Å². The lowest BCUT2D eigenvalue weighted by molar-refractivity contribution is -0.141. The normalized spacial score (nSPS) is 11.7. The van der Waals surface area contributed by atoms with Gasteiger partial charge in [-0.1, -0.05) is 18.2 Å². The molecule has 0 atom stereocenters. The maximum Gasteiger partial charge on any atom is 0.434 e. The maximum absolute atomic E-state index is 13.3. The number of hydrogen-bond donors (Lipinski definition) is 4. The molecule has 0 spiro atoms. The number of alkyl halides is 3. The molecule has 5 N–H and O–H groups in total. The first-order valence-electron chi connectivity index (χ1n) is 11.4. The zero-order chi connectivity index (χ0) is 29.1. The molecule has 16 heteroatoms. The number of rotatable bonds is 10. The van der Waals surface area contributed by atoms with Crippen LogP contribution in [0.1, 0.15) is 28.5 Å². The summed E-state index contributed by atoms with van der Waals surface area (Å²) >= 11 is 0. The van der Waals surface area contributed by atoms with Crippen molar-refractivity contribution in [3.05, 3.63) is 77.5 Å². The average Bonchev–Trinajstić information content (AvgIpc) is 3.32. The smallest absolute Gasteiger partial charge is 0.434 e. The summed E-state index contributed by atoms with van der Waals surface area (Å²) in [5.74, 6) is -1.71. The third kappa shape index (κ3) is 6.63. The minimum absolute atomic E-state index is 0.0337. The molecule has 2 heterocycles. The fourth-order valence-corrected chi connectivity index (χ4v) is 4.05. The van der Waals surface area contributed by atoms with Crippen LogP contribution in [0.2, 0.25) is 0 Å². The van der Waals surface area contributed by atoms with Gasteiger partial charge in [0.25, 0.3) is 5.91 Å². The van der Waals surface area contributed by atoms with Crippen LogP contribution in [0.5, 0.6) is 5.75 Å². The lowest BCUT2D eigenvalue weighted by atomic mass is 10.1. The average molecular weight is 580 g/mol. The Morgan fingerprint density at radius 3 is 2.42 bits per heavy atom. The number of H-pyrrole nitrogens is 1. The molecule has 2 aromatic carbocycles. The van der Waals surface area contributed by atoms with Gasteiger partial charge in [-0.15, -0.1) is 0 Å². The van der Waals surface area contributed by atoms with Crippen LogP contribution < -0.4 is 20.5 Å². The number of benzene rings is 2. The molecule has 0 fully saturated rings. The van der Waals surface area contributed by atoms with E-state index in [4.69, 9.17) is 10.5 Å². The van der Waals surface area contributed by atoms with Gasteiger partial charge in [-0.25, -0.2) is 22.8 Å². The molecule has 2 aromatic heterocycles. The maximum atomic E-state index is 13.3. The predicted molar refractivity (Wildman–Crippen MR) is 137 cm³/mol. The van der Waals surface area contributed by atoms with E-state index in [2.05, 4.69) is 30.2 Å². The predicted octanol–water partition coefficient (Wildman–Crippen LogP) is 4.21. The van der Waals surface area contributed by atoms with Crippen LogP contribution in [-0.2, 0) is 22.8 Å². The van der Waals surface area contributed by atoms with Crippen molar-refractivity contribution in [2.45, 2.75) is 19.7 Å². The molecule has 0 saturated carbocycles. The van der Waals surface area contributed by atoms with Crippen LogP contribution in [0.4, 0.5) is 34.9 Å². The summed E-state index contributed by atoms with van der Waals surface area (Å²) in [5, 5.41) is 9.28. The molecular weight excluding hydrogens is 558 g/mol. The second kappa shape index (κ2) is 11.2. The highest BCUT2D eigenvalue weighted by atomic mass is 32.2. The molecule has 0 radical (unpaired) electrons. The number of sulfonamides is 1. The SMILES string of the molecule is CCS(=O)(=O)Nc1ccc(-c2n[nH]c(Nc3cnc(C(F)(F)F)cn3)c2C(N)=O)cc1OCc1ccc(F)cc1. The largest absolute Gasteiger partial charge is 0.487 e. The van der Waals surface area contributed by atoms with E-state index in [1.807, 2.05) is 0 Å². The number of nitrogens with one attached hydrogen (secondary N) is 3. The number of ether oxygens (including phenoxy) is 1. The number of hydrogen-bond acceptors (Lipinski definition) is 8. The van der Waals surface area contributed by atoms with Crippen molar-refractivity contribution in [3.63, 3.8) is 0 Å². The number of carbonyl (C=O) groups excluding carboxylic acids is 1. The number of primary amides is 1. The van der Waals surface area contributed by atoms with Crippen molar-refractivity contribution < 1.29 is 35.5 Å². The highest BCUT2D eigenvalue weighted by Gasteiger charge is 2.33. The summed E-state index contributed by atoms with van der Waals surface area (Å²) in [4.78, 5) is 19.3. The highest BCUT2D eigenvalue weighted by molar-refractivity contribution is 7.92. The molecule has 0 bridgehead atoms. The van der Waals surface area contributed by atoms with E-state index in [1.165, 1.54) is 49.4 Å². The summed E-state index contributed by atoms with van der Waals surface area (Å²) < 4.78 is 84.3. The van der Waals surface area contributed by atoms with Crippen molar-refractivity contribution in [2.24, 2.45) is 5.73 Å². The fraction of sp³-hybridized carbons (Fsp3) is 0.167. The first kappa shape index (κ1) is 28.3. The monoisotopic (exact) mass is 579 g/mol. The minimum atomic E-state index is -4.68. The quantitative estimate of drug-likeness (QED) is 0.203. The molecular formula is C24H21F4N7O4S. The number of anilines is 3. The lowest BCUT2D eigenvalue weighted by Gasteiger charge is -2.15. The molecule has 0 aliphatic rings. The van der Waals surface area contributed by atoms with Gasteiger partial charge in [0.2, 0.25) is 10.0 Å². The molecule has 0 saturated heterocycles. The number of aromatic nitrogens is 4. The highest BCUT2D eigenvalue weighted by Crippen LogP contribution is 2.35. The van der Waals surface area contributed by atoms with Gasteiger partial charge in [0.1, 0.15) is 41.1 Å². The minimum Gasteiger partial charge on any atom is -0.487 e. The Balaban J connectivity index is 1.68. The lowest BCUT2D eigenvalue weighted by Crippen LogP contribution is -2.16. The molecule has 0 unspecified atom stereocenters. The molecule has 1 amide bonds. The van der Waals surface area contributed by atoms with E-state index in [-0.39, 0.29) is 52.3 Å². The molecule has 4 aromatic rings. The number of halogens is 4. The number of nitrogens with two attached hydrogens (primary N) is 1. The summed E-state index contributed by atoms with van der Waals surface area (Å²) in [6.07, 6.45) is -3.34. The fourth-order valence-electron chi connectivity index (χ4n) is 3.40.